The number of rotatable bonds is 4. The van der Waals surface area contributed by atoms with Gasteiger partial charge in [-0.25, -0.2) is 0 Å². The van der Waals surface area contributed by atoms with Gasteiger partial charge in [0.25, 0.3) is 0 Å². The van der Waals surface area contributed by atoms with Gasteiger partial charge in [-0.15, -0.1) is 0 Å². The molecule has 0 aromatic heterocycles. The molecule has 0 heterocycles. The first-order valence-electron chi connectivity index (χ1n) is 5.62. The molecular weight excluding hydrogens is 200 g/mol. The number of anilines is 1. The van der Waals surface area contributed by atoms with Gasteiger partial charge in [-0.05, 0) is 18.1 Å². The zero-order chi connectivity index (χ0) is 12.1. The minimum absolute atomic E-state index is 0.0374. The van der Waals surface area contributed by atoms with E-state index in [0.29, 0.717) is 12.5 Å². The average Bonchev–Trinajstić information content (AvgIpc) is 2.25. The van der Waals surface area contributed by atoms with Gasteiger partial charge in [0.15, 0.2) is 0 Å². The molecule has 0 aliphatic heterocycles. The van der Waals surface area contributed by atoms with E-state index >= 15 is 0 Å². The van der Waals surface area contributed by atoms with Crippen molar-refractivity contribution in [2.45, 2.75) is 26.8 Å². The Morgan fingerprint density at radius 2 is 1.88 bits per heavy atom. The minimum Gasteiger partial charge on any atom is -0.328 e. The van der Waals surface area contributed by atoms with Gasteiger partial charge in [0, 0.05) is 19.2 Å². The van der Waals surface area contributed by atoms with E-state index in [2.05, 4.69) is 13.8 Å². The van der Waals surface area contributed by atoms with Crippen LogP contribution in [0.3, 0.4) is 0 Å². The SMILES string of the molecule is CC(=O)N(c1ccccc1)C(CN)C(C)C. The van der Waals surface area contributed by atoms with Crippen LogP contribution in [0.4, 0.5) is 5.69 Å². The summed E-state index contributed by atoms with van der Waals surface area (Å²) >= 11 is 0. The highest BCUT2D eigenvalue weighted by molar-refractivity contribution is 5.92. The highest BCUT2D eigenvalue weighted by Crippen LogP contribution is 2.20. The second-order valence-corrected chi connectivity index (χ2v) is 4.27. The van der Waals surface area contributed by atoms with E-state index in [9.17, 15) is 4.79 Å². The number of nitrogens with two attached hydrogens (primary N) is 1. The van der Waals surface area contributed by atoms with Crippen molar-refractivity contribution in [3.8, 4) is 0 Å². The van der Waals surface area contributed by atoms with Crippen LogP contribution in [0.5, 0.6) is 0 Å². The fourth-order valence-corrected chi connectivity index (χ4v) is 1.87. The van der Waals surface area contributed by atoms with Crippen molar-refractivity contribution >= 4 is 11.6 Å². The molecule has 16 heavy (non-hydrogen) atoms. The summed E-state index contributed by atoms with van der Waals surface area (Å²) in [7, 11) is 0. The molecule has 0 radical (unpaired) electrons. The molecule has 0 fully saturated rings. The van der Waals surface area contributed by atoms with Crippen molar-refractivity contribution in [3.05, 3.63) is 30.3 Å². The molecule has 0 spiro atoms. The quantitative estimate of drug-likeness (QED) is 0.843. The molecular formula is C13H20N2O. The molecule has 1 aromatic carbocycles. The second-order valence-electron chi connectivity index (χ2n) is 4.27. The number of carbonyl (C=O) groups is 1. The van der Waals surface area contributed by atoms with Gasteiger partial charge in [0.1, 0.15) is 0 Å². The normalized spacial score (nSPS) is 12.6. The lowest BCUT2D eigenvalue weighted by Crippen LogP contribution is -2.46. The number of hydrogen-bond acceptors (Lipinski definition) is 2. The molecule has 0 saturated heterocycles. The Kier molecular flexibility index (Phi) is 4.50. The van der Waals surface area contributed by atoms with E-state index in [1.54, 1.807) is 11.8 Å². The van der Waals surface area contributed by atoms with Crippen molar-refractivity contribution in [3.63, 3.8) is 0 Å². The molecule has 0 bridgehead atoms. The van der Waals surface area contributed by atoms with E-state index in [-0.39, 0.29) is 11.9 Å². The first kappa shape index (κ1) is 12.7. The summed E-state index contributed by atoms with van der Waals surface area (Å²) < 4.78 is 0. The van der Waals surface area contributed by atoms with Crippen molar-refractivity contribution in [1.29, 1.82) is 0 Å². The summed E-state index contributed by atoms with van der Waals surface area (Å²) in [5, 5.41) is 0. The molecule has 1 aromatic rings. The van der Waals surface area contributed by atoms with Gasteiger partial charge < -0.3 is 10.6 Å². The van der Waals surface area contributed by atoms with Crippen LogP contribution in [-0.4, -0.2) is 18.5 Å². The predicted octanol–water partition coefficient (Wildman–Crippen LogP) is 2.02. The van der Waals surface area contributed by atoms with Gasteiger partial charge in [-0.3, -0.25) is 4.79 Å². The number of hydrogen-bond donors (Lipinski definition) is 1. The lowest BCUT2D eigenvalue weighted by Gasteiger charge is -2.33. The number of benzene rings is 1. The molecule has 0 aliphatic carbocycles. The summed E-state index contributed by atoms with van der Waals surface area (Å²) in [6.07, 6.45) is 0. The van der Waals surface area contributed by atoms with Crippen LogP contribution in [0.25, 0.3) is 0 Å². The molecule has 88 valence electrons. The van der Waals surface area contributed by atoms with E-state index < -0.39 is 0 Å². The summed E-state index contributed by atoms with van der Waals surface area (Å²) in [4.78, 5) is 13.5. The number of amides is 1. The zero-order valence-electron chi connectivity index (χ0n) is 10.2. The fraction of sp³-hybridized carbons (Fsp3) is 0.462. The molecule has 2 N–H and O–H groups in total. The third-order valence-corrected chi connectivity index (χ3v) is 2.72. The highest BCUT2D eigenvalue weighted by Gasteiger charge is 2.23. The smallest absolute Gasteiger partial charge is 0.224 e. The molecule has 1 amide bonds. The first-order valence-corrected chi connectivity index (χ1v) is 5.62. The Hall–Kier alpha value is -1.35. The average molecular weight is 220 g/mol. The fourth-order valence-electron chi connectivity index (χ4n) is 1.87. The van der Waals surface area contributed by atoms with E-state index in [1.165, 1.54) is 0 Å². The van der Waals surface area contributed by atoms with Crippen LogP contribution in [-0.2, 0) is 4.79 Å². The Morgan fingerprint density at radius 1 is 1.31 bits per heavy atom. The largest absolute Gasteiger partial charge is 0.328 e. The molecule has 3 heteroatoms. The van der Waals surface area contributed by atoms with Crippen LogP contribution >= 0.6 is 0 Å². The standard InChI is InChI=1S/C13H20N2O/c1-10(2)13(9-14)15(11(3)16)12-7-5-4-6-8-12/h4-8,10,13H,9,14H2,1-3H3. The molecule has 3 nitrogen and oxygen atoms in total. The monoisotopic (exact) mass is 220 g/mol. The topological polar surface area (TPSA) is 46.3 Å². The predicted molar refractivity (Wildman–Crippen MR) is 67.3 cm³/mol. The zero-order valence-corrected chi connectivity index (χ0v) is 10.2. The van der Waals surface area contributed by atoms with E-state index in [1.807, 2.05) is 30.3 Å². The Labute approximate surface area is 97.2 Å². The number of para-hydroxylation sites is 1. The van der Waals surface area contributed by atoms with Gasteiger partial charge in [-0.2, -0.15) is 0 Å². The Balaban J connectivity index is 3.04. The third kappa shape index (κ3) is 2.83. The maximum atomic E-state index is 11.7. The highest BCUT2D eigenvalue weighted by atomic mass is 16.2. The van der Waals surface area contributed by atoms with Crippen LogP contribution in [0, 0.1) is 5.92 Å². The molecule has 1 rings (SSSR count). The number of carbonyl (C=O) groups excluding carboxylic acids is 1. The lowest BCUT2D eigenvalue weighted by molar-refractivity contribution is -0.117. The van der Waals surface area contributed by atoms with Crippen LogP contribution in [0.1, 0.15) is 20.8 Å². The minimum atomic E-state index is 0.0374. The maximum Gasteiger partial charge on any atom is 0.224 e. The van der Waals surface area contributed by atoms with E-state index in [4.69, 9.17) is 5.73 Å². The van der Waals surface area contributed by atoms with Gasteiger partial charge in [0.05, 0.1) is 6.04 Å². The van der Waals surface area contributed by atoms with Crippen molar-refractivity contribution in [1.82, 2.24) is 0 Å². The number of nitrogens with zero attached hydrogens (tertiary/aromatic N) is 1. The van der Waals surface area contributed by atoms with Gasteiger partial charge in [0.2, 0.25) is 5.91 Å². The summed E-state index contributed by atoms with van der Waals surface area (Å²) in [5.74, 6) is 0.379. The van der Waals surface area contributed by atoms with Crippen LogP contribution in [0.15, 0.2) is 30.3 Å². The molecule has 1 unspecified atom stereocenters. The lowest BCUT2D eigenvalue weighted by atomic mass is 10.0. The summed E-state index contributed by atoms with van der Waals surface area (Å²) in [6.45, 7) is 6.22. The maximum absolute atomic E-state index is 11.7. The first-order chi connectivity index (χ1) is 7.57. The Bertz CT molecular complexity index is 335. The van der Waals surface area contributed by atoms with Crippen molar-refractivity contribution in [2.75, 3.05) is 11.4 Å². The second kappa shape index (κ2) is 5.66. The van der Waals surface area contributed by atoms with Crippen LogP contribution < -0.4 is 10.6 Å². The molecule has 0 saturated carbocycles. The Morgan fingerprint density at radius 3 is 2.25 bits per heavy atom. The molecule has 0 aliphatic rings. The third-order valence-electron chi connectivity index (χ3n) is 2.72. The van der Waals surface area contributed by atoms with Crippen molar-refractivity contribution in [2.24, 2.45) is 11.7 Å². The van der Waals surface area contributed by atoms with Gasteiger partial charge in [-0.1, -0.05) is 32.0 Å². The summed E-state index contributed by atoms with van der Waals surface area (Å²) in [5.41, 5.74) is 6.67. The molecule has 1 atom stereocenters. The van der Waals surface area contributed by atoms with Gasteiger partial charge >= 0.3 is 0 Å². The van der Waals surface area contributed by atoms with Crippen molar-refractivity contribution < 1.29 is 4.79 Å². The van der Waals surface area contributed by atoms with E-state index in [0.717, 1.165) is 5.69 Å². The summed E-state index contributed by atoms with van der Waals surface area (Å²) in [6, 6.07) is 9.73. The van der Waals surface area contributed by atoms with Crippen LogP contribution in [0.2, 0.25) is 0 Å².